The van der Waals surface area contributed by atoms with E-state index in [1.165, 1.54) is 12.8 Å². The van der Waals surface area contributed by atoms with Crippen LogP contribution in [-0.2, 0) is 14.3 Å². The van der Waals surface area contributed by atoms with Gasteiger partial charge in [0.15, 0.2) is 0 Å². The molecule has 0 radical (unpaired) electrons. The molecule has 0 aliphatic heterocycles. The first kappa shape index (κ1) is 17.0. The van der Waals surface area contributed by atoms with Crippen molar-refractivity contribution in [2.45, 2.75) is 58.5 Å². The van der Waals surface area contributed by atoms with E-state index in [-0.39, 0.29) is 30.5 Å². The normalized spacial score (nSPS) is 24.2. The van der Waals surface area contributed by atoms with Crippen LogP contribution in [0, 0.1) is 5.92 Å². The number of nitrogens with one attached hydrogen (secondary N) is 1. The van der Waals surface area contributed by atoms with Gasteiger partial charge >= 0.3 is 5.97 Å². The first-order chi connectivity index (χ1) is 9.43. The van der Waals surface area contributed by atoms with Gasteiger partial charge in [0.2, 0.25) is 5.91 Å². The van der Waals surface area contributed by atoms with Crippen LogP contribution in [0.15, 0.2) is 0 Å². The van der Waals surface area contributed by atoms with E-state index in [0.29, 0.717) is 6.61 Å². The Morgan fingerprint density at radius 2 is 1.90 bits per heavy atom. The van der Waals surface area contributed by atoms with Gasteiger partial charge in [0.25, 0.3) is 0 Å². The molecular formula is C15H28N2O3. The lowest BCUT2D eigenvalue weighted by Crippen LogP contribution is -2.49. The number of ether oxygens (including phenoxy) is 1. The van der Waals surface area contributed by atoms with Crippen molar-refractivity contribution < 1.29 is 14.3 Å². The lowest BCUT2D eigenvalue weighted by Gasteiger charge is -2.30. The zero-order valence-corrected chi connectivity index (χ0v) is 13.1. The molecule has 0 saturated heterocycles. The second-order valence-corrected chi connectivity index (χ2v) is 5.86. The van der Waals surface area contributed by atoms with Gasteiger partial charge in [-0.25, -0.2) is 0 Å². The fraction of sp³-hybridized carbons (Fsp3) is 0.867. The summed E-state index contributed by atoms with van der Waals surface area (Å²) in [5, 5.41) is 3.09. The summed E-state index contributed by atoms with van der Waals surface area (Å²) in [5.41, 5.74) is 0. The van der Waals surface area contributed by atoms with E-state index >= 15 is 0 Å². The summed E-state index contributed by atoms with van der Waals surface area (Å²) in [6.07, 6.45) is 4.47. The number of amides is 1. The summed E-state index contributed by atoms with van der Waals surface area (Å²) in [4.78, 5) is 25.3. The SMILES string of the molecule is CCOC(=O)CN(C)C(C)C(=O)NC1CCC(C)CC1. The molecule has 1 N–H and O–H groups in total. The number of carbonyl (C=O) groups is 2. The maximum absolute atomic E-state index is 12.2. The largest absolute Gasteiger partial charge is 0.465 e. The molecule has 1 aliphatic rings. The van der Waals surface area contributed by atoms with Crippen molar-refractivity contribution in [1.29, 1.82) is 0 Å². The molecule has 20 heavy (non-hydrogen) atoms. The second kappa shape index (κ2) is 8.25. The van der Waals surface area contributed by atoms with E-state index < -0.39 is 0 Å². The standard InChI is InChI=1S/C15H28N2O3/c1-5-20-14(18)10-17(4)12(3)15(19)16-13-8-6-11(2)7-9-13/h11-13H,5-10H2,1-4H3,(H,16,19). The van der Waals surface area contributed by atoms with E-state index in [4.69, 9.17) is 4.74 Å². The average molecular weight is 284 g/mol. The van der Waals surface area contributed by atoms with E-state index in [2.05, 4.69) is 12.2 Å². The maximum atomic E-state index is 12.2. The topological polar surface area (TPSA) is 58.6 Å². The van der Waals surface area contributed by atoms with Gasteiger partial charge < -0.3 is 10.1 Å². The number of rotatable bonds is 6. The quantitative estimate of drug-likeness (QED) is 0.752. The van der Waals surface area contributed by atoms with E-state index in [9.17, 15) is 9.59 Å². The van der Waals surface area contributed by atoms with Gasteiger partial charge in [-0.2, -0.15) is 0 Å². The molecule has 1 atom stereocenters. The fourth-order valence-corrected chi connectivity index (χ4v) is 2.47. The summed E-state index contributed by atoms with van der Waals surface area (Å²) in [6, 6.07) is -0.0316. The van der Waals surface area contributed by atoms with Crippen LogP contribution < -0.4 is 5.32 Å². The van der Waals surface area contributed by atoms with Crippen molar-refractivity contribution in [1.82, 2.24) is 10.2 Å². The molecule has 116 valence electrons. The summed E-state index contributed by atoms with van der Waals surface area (Å²) in [5.74, 6) is 0.476. The van der Waals surface area contributed by atoms with Crippen LogP contribution in [-0.4, -0.2) is 49.1 Å². The molecule has 1 fully saturated rings. The molecule has 1 rings (SSSR count). The minimum absolute atomic E-state index is 0.00338. The first-order valence-corrected chi connectivity index (χ1v) is 7.60. The molecular weight excluding hydrogens is 256 g/mol. The number of hydrogen-bond acceptors (Lipinski definition) is 4. The minimum Gasteiger partial charge on any atom is -0.465 e. The molecule has 1 saturated carbocycles. The van der Waals surface area contributed by atoms with Gasteiger partial charge in [0.1, 0.15) is 0 Å². The smallest absolute Gasteiger partial charge is 0.320 e. The van der Waals surface area contributed by atoms with E-state index in [1.54, 1.807) is 18.9 Å². The van der Waals surface area contributed by atoms with Crippen molar-refractivity contribution in [3.05, 3.63) is 0 Å². The Morgan fingerprint density at radius 1 is 1.30 bits per heavy atom. The van der Waals surface area contributed by atoms with Crippen molar-refractivity contribution in [2.24, 2.45) is 5.92 Å². The second-order valence-electron chi connectivity index (χ2n) is 5.86. The van der Waals surface area contributed by atoms with E-state index in [1.807, 2.05) is 6.92 Å². The Bertz CT molecular complexity index is 325. The summed E-state index contributed by atoms with van der Waals surface area (Å²) in [6.45, 7) is 6.36. The number of likely N-dealkylation sites (N-methyl/N-ethyl adjacent to an activating group) is 1. The molecule has 0 aromatic rings. The van der Waals surface area contributed by atoms with E-state index in [0.717, 1.165) is 18.8 Å². The van der Waals surface area contributed by atoms with Gasteiger partial charge in [0.05, 0.1) is 19.2 Å². The summed E-state index contributed by atoms with van der Waals surface area (Å²) in [7, 11) is 1.77. The Hall–Kier alpha value is -1.10. The predicted octanol–water partition coefficient (Wildman–Crippen LogP) is 1.56. The van der Waals surface area contributed by atoms with Crippen LogP contribution in [0.4, 0.5) is 0 Å². The molecule has 0 heterocycles. The molecule has 5 nitrogen and oxygen atoms in total. The van der Waals surface area contributed by atoms with Gasteiger partial charge in [0, 0.05) is 6.04 Å². The highest BCUT2D eigenvalue weighted by Gasteiger charge is 2.25. The molecule has 1 amide bonds. The molecule has 1 unspecified atom stereocenters. The Balaban J connectivity index is 2.36. The number of carbonyl (C=O) groups excluding carboxylic acids is 2. The average Bonchev–Trinajstić information content (AvgIpc) is 2.40. The van der Waals surface area contributed by atoms with Crippen molar-refractivity contribution >= 4 is 11.9 Å². The summed E-state index contributed by atoms with van der Waals surface area (Å²) < 4.78 is 4.89. The number of nitrogens with zero attached hydrogens (tertiary/aromatic N) is 1. The van der Waals surface area contributed by atoms with Gasteiger partial charge in [-0.15, -0.1) is 0 Å². The maximum Gasteiger partial charge on any atom is 0.320 e. The fourth-order valence-electron chi connectivity index (χ4n) is 2.47. The van der Waals surface area contributed by atoms with Crippen LogP contribution in [0.1, 0.15) is 46.5 Å². The lowest BCUT2D eigenvalue weighted by molar-refractivity contribution is -0.145. The minimum atomic E-state index is -0.321. The molecule has 1 aliphatic carbocycles. The zero-order valence-electron chi connectivity index (χ0n) is 13.1. The third kappa shape index (κ3) is 5.49. The van der Waals surface area contributed by atoms with Crippen molar-refractivity contribution in [3.63, 3.8) is 0 Å². The molecule has 0 aromatic heterocycles. The highest BCUT2D eigenvalue weighted by molar-refractivity contribution is 5.82. The summed E-state index contributed by atoms with van der Waals surface area (Å²) >= 11 is 0. The number of esters is 1. The van der Waals surface area contributed by atoms with Crippen LogP contribution >= 0.6 is 0 Å². The first-order valence-electron chi connectivity index (χ1n) is 7.60. The van der Waals surface area contributed by atoms with Crippen molar-refractivity contribution in [2.75, 3.05) is 20.2 Å². The zero-order chi connectivity index (χ0) is 15.1. The molecule has 0 bridgehead atoms. The predicted molar refractivity (Wildman–Crippen MR) is 78.3 cm³/mol. The highest BCUT2D eigenvalue weighted by atomic mass is 16.5. The third-order valence-corrected chi connectivity index (χ3v) is 4.09. The Kier molecular flexibility index (Phi) is 6.99. The molecule has 5 heteroatoms. The highest BCUT2D eigenvalue weighted by Crippen LogP contribution is 2.23. The monoisotopic (exact) mass is 284 g/mol. The Morgan fingerprint density at radius 3 is 2.45 bits per heavy atom. The van der Waals surface area contributed by atoms with Crippen LogP contribution in [0.5, 0.6) is 0 Å². The van der Waals surface area contributed by atoms with Gasteiger partial charge in [-0.1, -0.05) is 6.92 Å². The lowest BCUT2D eigenvalue weighted by atomic mass is 9.87. The molecule has 0 spiro atoms. The third-order valence-electron chi connectivity index (χ3n) is 4.09. The van der Waals surface area contributed by atoms with Gasteiger partial charge in [-0.3, -0.25) is 14.5 Å². The Labute approximate surface area is 122 Å². The van der Waals surface area contributed by atoms with Crippen molar-refractivity contribution in [3.8, 4) is 0 Å². The van der Waals surface area contributed by atoms with Gasteiger partial charge in [-0.05, 0) is 52.5 Å². The number of hydrogen-bond donors (Lipinski definition) is 1. The van der Waals surface area contributed by atoms with Crippen LogP contribution in [0.3, 0.4) is 0 Å². The van der Waals surface area contributed by atoms with Crippen LogP contribution in [0.2, 0.25) is 0 Å². The molecule has 0 aromatic carbocycles. The van der Waals surface area contributed by atoms with Crippen LogP contribution in [0.25, 0.3) is 0 Å².